The maximum atomic E-state index is 9.33. The summed E-state index contributed by atoms with van der Waals surface area (Å²) < 4.78 is 5.24. The lowest BCUT2D eigenvalue weighted by Gasteiger charge is -2.21. The van der Waals surface area contributed by atoms with E-state index in [0.29, 0.717) is 12.2 Å². The van der Waals surface area contributed by atoms with Crippen LogP contribution in [0.4, 0.5) is 5.82 Å². The van der Waals surface area contributed by atoms with E-state index in [1.54, 1.807) is 7.11 Å². The zero-order valence-corrected chi connectivity index (χ0v) is 12.4. The first-order valence-electron chi connectivity index (χ1n) is 7.46. The second-order valence-corrected chi connectivity index (χ2v) is 5.39. The van der Waals surface area contributed by atoms with Crippen LogP contribution in [0.25, 0.3) is 0 Å². The van der Waals surface area contributed by atoms with Crippen molar-refractivity contribution in [1.82, 2.24) is 4.98 Å². The second kappa shape index (κ2) is 7.25. The molecule has 1 atom stereocenters. The lowest BCUT2D eigenvalue weighted by Crippen LogP contribution is -2.26. The van der Waals surface area contributed by atoms with Gasteiger partial charge in [0.25, 0.3) is 0 Å². The topological polar surface area (TPSA) is 57.9 Å². The molecule has 0 saturated carbocycles. The summed E-state index contributed by atoms with van der Waals surface area (Å²) >= 11 is 0. The molecule has 1 aliphatic carbocycles. The van der Waals surface area contributed by atoms with Crippen molar-refractivity contribution in [1.29, 1.82) is 5.26 Å². The van der Waals surface area contributed by atoms with Crippen molar-refractivity contribution >= 4 is 5.82 Å². The first-order valence-corrected chi connectivity index (χ1v) is 7.46. The number of methoxy groups -OCH3 is 1. The molecule has 1 unspecified atom stereocenters. The van der Waals surface area contributed by atoms with Crippen LogP contribution in [0.15, 0.2) is 6.07 Å². The van der Waals surface area contributed by atoms with Gasteiger partial charge >= 0.3 is 0 Å². The van der Waals surface area contributed by atoms with E-state index in [1.165, 1.54) is 18.4 Å². The Morgan fingerprint density at radius 2 is 2.25 bits per heavy atom. The molecule has 1 aliphatic rings. The minimum atomic E-state index is 0.214. The molecule has 0 fully saturated rings. The van der Waals surface area contributed by atoms with Crippen molar-refractivity contribution in [3.05, 3.63) is 22.9 Å². The van der Waals surface area contributed by atoms with Crippen LogP contribution in [-0.2, 0) is 17.6 Å². The number of pyridine rings is 1. The Morgan fingerprint density at radius 3 is 2.95 bits per heavy atom. The van der Waals surface area contributed by atoms with Gasteiger partial charge in [-0.15, -0.1) is 0 Å². The summed E-state index contributed by atoms with van der Waals surface area (Å²) in [6.07, 6.45) is 6.56. The minimum Gasteiger partial charge on any atom is -0.383 e. The standard InChI is InChI=1S/C16H23N3O/c1-3-6-14(11-20-2)18-16-13(10-17)9-12-7-4-5-8-15(12)19-16/h9,14H,3-8,11H2,1-2H3,(H,18,19). The summed E-state index contributed by atoms with van der Waals surface area (Å²) in [5.74, 6) is 0.726. The molecule has 0 aromatic carbocycles. The third-order valence-corrected chi connectivity index (χ3v) is 3.77. The summed E-state index contributed by atoms with van der Waals surface area (Å²) in [4.78, 5) is 4.70. The maximum absolute atomic E-state index is 9.33. The second-order valence-electron chi connectivity index (χ2n) is 5.39. The normalized spacial score (nSPS) is 15.2. The van der Waals surface area contributed by atoms with Crippen molar-refractivity contribution < 1.29 is 4.74 Å². The van der Waals surface area contributed by atoms with Gasteiger partial charge in [0.15, 0.2) is 0 Å². The Hall–Kier alpha value is -1.60. The molecule has 0 saturated heterocycles. The van der Waals surface area contributed by atoms with Gasteiger partial charge < -0.3 is 10.1 Å². The number of ether oxygens (including phenoxy) is 1. The molecule has 1 N–H and O–H groups in total. The SMILES string of the molecule is CCCC(COC)Nc1nc2c(cc1C#N)CCCC2. The molecule has 0 aliphatic heterocycles. The molecule has 4 heteroatoms. The Balaban J connectivity index is 2.23. The highest BCUT2D eigenvalue weighted by atomic mass is 16.5. The van der Waals surface area contributed by atoms with Crippen molar-refractivity contribution in [3.8, 4) is 6.07 Å². The smallest absolute Gasteiger partial charge is 0.144 e. The first-order chi connectivity index (χ1) is 9.78. The summed E-state index contributed by atoms with van der Waals surface area (Å²) in [6.45, 7) is 2.79. The summed E-state index contributed by atoms with van der Waals surface area (Å²) in [6, 6.07) is 4.50. The summed E-state index contributed by atoms with van der Waals surface area (Å²) in [5, 5.41) is 12.7. The Kier molecular flexibility index (Phi) is 5.37. The largest absolute Gasteiger partial charge is 0.383 e. The van der Waals surface area contributed by atoms with Crippen LogP contribution in [-0.4, -0.2) is 24.7 Å². The van der Waals surface area contributed by atoms with Crippen molar-refractivity contribution in [2.75, 3.05) is 19.0 Å². The van der Waals surface area contributed by atoms with E-state index >= 15 is 0 Å². The third kappa shape index (κ3) is 3.49. The van der Waals surface area contributed by atoms with Crippen molar-refractivity contribution in [3.63, 3.8) is 0 Å². The minimum absolute atomic E-state index is 0.214. The highest BCUT2D eigenvalue weighted by Crippen LogP contribution is 2.25. The van der Waals surface area contributed by atoms with Crippen LogP contribution in [0.2, 0.25) is 0 Å². The highest BCUT2D eigenvalue weighted by molar-refractivity contribution is 5.55. The number of nitriles is 1. The van der Waals surface area contributed by atoms with Gasteiger partial charge in [-0.1, -0.05) is 13.3 Å². The molecular formula is C16H23N3O. The lowest BCUT2D eigenvalue weighted by molar-refractivity contribution is 0.182. The Labute approximate surface area is 121 Å². The summed E-state index contributed by atoms with van der Waals surface area (Å²) in [7, 11) is 1.70. The van der Waals surface area contributed by atoms with Crippen LogP contribution < -0.4 is 5.32 Å². The third-order valence-electron chi connectivity index (χ3n) is 3.77. The fourth-order valence-electron chi connectivity index (χ4n) is 2.77. The molecule has 4 nitrogen and oxygen atoms in total. The number of rotatable bonds is 6. The van der Waals surface area contributed by atoms with Gasteiger partial charge in [-0.3, -0.25) is 0 Å². The zero-order valence-electron chi connectivity index (χ0n) is 12.4. The van der Waals surface area contributed by atoms with E-state index in [2.05, 4.69) is 18.3 Å². The van der Waals surface area contributed by atoms with Gasteiger partial charge in [0.1, 0.15) is 11.9 Å². The number of nitrogens with one attached hydrogen (secondary N) is 1. The summed E-state index contributed by atoms with van der Waals surface area (Å²) in [5.41, 5.74) is 3.06. The van der Waals surface area contributed by atoms with E-state index in [-0.39, 0.29) is 6.04 Å². The highest BCUT2D eigenvalue weighted by Gasteiger charge is 2.17. The first kappa shape index (κ1) is 14.8. The van der Waals surface area contributed by atoms with Crippen LogP contribution in [0.3, 0.4) is 0 Å². The number of aromatic nitrogens is 1. The van der Waals surface area contributed by atoms with Gasteiger partial charge in [0.05, 0.1) is 18.2 Å². The molecule has 0 spiro atoms. The molecule has 0 bridgehead atoms. The fraction of sp³-hybridized carbons (Fsp3) is 0.625. The van der Waals surface area contributed by atoms with Gasteiger partial charge in [-0.25, -0.2) is 4.98 Å². The van der Waals surface area contributed by atoms with Crippen LogP contribution in [0.1, 0.15) is 49.4 Å². The van der Waals surface area contributed by atoms with E-state index in [0.717, 1.165) is 37.2 Å². The molecule has 1 aromatic rings. The van der Waals surface area contributed by atoms with Crippen LogP contribution >= 0.6 is 0 Å². The molecule has 0 amide bonds. The van der Waals surface area contributed by atoms with Gasteiger partial charge in [0.2, 0.25) is 0 Å². The van der Waals surface area contributed by atoms with Gasteiger partial charge in [0, 0.05) is 12.8 Å². The van der Waals surface area contributed by atoms with Crippen molar-refractivity contribution in [2.45, 2.75) is 51.5 Å². The number of aryl methyl sites for hydroxylation is 2. The molecule has 1 heterocycles. The lowest BCUT2D eigenvalue weighted by atomic mass is 9.95. The predicted molar refractivity (Wildman–Crippen MR) is 79.8 cm³/mol. The van der Waals surface area contributed by atoms with Gasteiger partial charge in [-0.2, -0.15) is 5.26 Å². The van der Waals surface area contributed by atoms with Crippen LogP contribution in [0, 0.1) is 11.3 Å². The van der Waals surface area contributed by atoms with E-state index in [9.17, 15) is 5.26 Å². The number of nitrogens with zero attached hydrogens (tertiary/aromatic N) is 2. The predicted octanol–water partition coefficient (Wildman–Crippen LogP) is 3.06. The average Bonchev–Trinajstić information content (AvgIpc) is 2.47. The van der Waals surface area contributed by atoms with Crippen LogP contribution in [0.5, 0.6) is 0 Å². The van der Waals surface area contributed by atoms with E-state index in [1.807, 2.05) is 6.07 Å². The average molecular weight is 273 g/mol. The molecule has 0 radical (unpaired) electrons. The number of hydrogen-bond acceptors (Lipinski definition) is 4. The number of hydrogen-bond donors (Lipinski definition) is 1. The number of fused-ring (bicyclic) bond motifs is 1. The molecule has 108 valence electrons. The molecule has 1 aromatic heterocycles. The Bertz CT molecular complexity index is 487. The van der Waals surface area contributed by atoms with Gasteiger partial charge in [-0.05, 0) is 43.7 Å². The van der Waals surface area contributed by atoms with Crippen molar-refractivity contribution in [2.24, 2.45) is 0 Å². The quantitative estimate of drug-likeness (QED) is 0.865. The molecule has 20 heavy (non-hydrogen) atoms. The van der Waals surface area contributed by atoms with E-state index in [4.69, 9.17) is 9.72 Å². The molecule has 2 rings (SSSR count). The zero-order chi connectivity index (χ0) is 14.4. The number of anilines is 1. The molecular weight excluding hydrogens is 250 g/mol. The van der Waals surface area contributed by atoms with E-state index < -0.39 is 0 Å². The fourth-order valence-corrected chi connectivity index (χ4v) is 2.77. The monoisotopic (exact) mass is 273 g/mol. The maximum Gasteiger partial charge on any atom is 0.144 e. The Morgan fingerprint density at radius 1 is 1.45 bits per heavy atom.